The van der Waals surface area contributed by atoms with Crippen LogP contribution in [-0.2, 0) is 14.8 Å². The zero-order valence-corrected chi connectivity index (χ0v) is 15.2. The Morgan fingerprint density at radius 2 is 1.69 bits per heavy atom. The van der Waals surface area contributed by atoms with Gasteiger partial charge in [0.25, 0.3) is 0 Å². The summed E-state index contributed by atoms with van der Waals surface area (Å²) in [7, 11) is -3.63. The molecule has 138 valence electrons. The highest BCUT2D eigenvalue weighted by Gasteiger charge is 2.28. The molecule has 0 radical (unpaired) electrons. The Hall–Kier alpha value is -2.45. The van der Waals surface area contributed by atoms with E-state index in [1.165, 1.54) is 23.4 Å². The number of carbonyl (C=O) groups excluding carboxylic acids is 1. The van der Waals surface area contributed by atoms with Crippen LogP contribution in [0.2, 0.25) is 0 Å². The quantitative estimate of drug-likeness (QED) is 0.888. The molecule has 26 heavy (non-hydrogen) atoms. The molecular formula is C18H20FN3O3S. The first-order valence-electron chi connectivity index (χ1n) is 8.24. The summed E-state index contributed by atoms with van der Waals surface area (Å²) in [6.07, 6.45) is 0. The monoisotopic (exact) mass is 377 g/mol. The van der Waals surface area contributed by atoms with Gasteiger partial charge in [-0.25, -0.2) is 12.8 Å². The average Bonchev–Trinajstić information content (AvgIpc) is 2.62. The number of sulfonamides is 1. The van der Waals surface area contributed by atoms with E-state index in [0.29, 0.717) is 31.9 Å². The van der Waals surface area contributed by atoms with Crippen molar-refractivity contribution in [3.8, 4) is 0 Å². The van der Waals surface area contributed by atoms with Gasteiger partial charge in [0, 0.05) is 44.5 Å². The second-order valence-corrected chi connectivity index (χ2v) is 8.01. The number of hydrogen-bond acceptors (Lipinski definition) is 4. The van der Waals surface area contributed by atoms with E-state index in [-0.39, 0.29) is 10.8 Å². The lowest BCUT2D eigenvalue weighted by Crippen LogP contribution is -2.48. The van der Waals surface area contributed by atoms with Gasteiger partial charge in [-0.1, -0.05) is 6.07 Å². The molecule has 0 atom stereocenters. The van der Waals surface area contributed by atoms with E-state index in [1.54, 1.807) is 6.07 Å². The van der Waals surface area contributed by atoms with Crippen molar-refractivity contribution >= 4 is 27.3 Å². The van der Waals surface area contributed by atoms with E-state index in [4.69, 9.17) is 0 Å². The van der Waals surface area contributed by atoms with Gasteiger partial charge in [-0.05, 0) is 42.5 Å². The zero-order valence-electron chi connectivity index (χ0n) is 14.4. The van der Waals surface area contributed by atoms with Crippen molar-refractivity contribution in [1.82, 2.24) is 4.31 Å². The van der Waals surface area contributed by atoms with Crippen LogP contribution in [0.25, 0.3) is 0 Å². The highest BCUT2D eigenvalue weighted by molar-refractivity contribution is 7.89. The molecule has 0 unspecified atom stereocenters. The maximum atomic E-state index is 13.0. The van der Waals surface area contributed by atoms with E-state index < -0.39 is 15.8 Å². The molecule has 1 aliphatic rings. The van der Waals surface area contributed by atoms with E-state index >= 15 is 0 Å². The summed E-state index contributed by atoms with van der Waals surface area (Å²) in [6.45, 7) is 3.19. The summed E-state index contributed by atoms with van der Waals surface area (Å²) < 4.78 is 39.7. The van der Waals surface area contributed by atoms with Crippen LogP contribution in [0, 0.1) is 5.82 Å². The Morgan fingerprint density at radius 1 is 1.04 bits per heavy atom. The third-order valence-corrected chi connectivity index (χ3v) is 6.13. The molecule has 6 nitrogen and oxygen atoms in total. The van der Waals surface area contributed by atoms with Gasteiger partial charge in [0.1, 0.15) is 5.82 Å². The molecule has 1 fully saturated rings. The molecule has 3 rings (SSSR count). The second kappa shape index (κ2) is 7.43. The Kier molecular flexibility index (Phi) is 5.24. The van der Waals surface area contributed by atoms with Gasteiger partial charge in [0.05, 0.1) is 4.90 Å². The molecule has 0 aliphatic carbocycles. The number of halogens is 1. The molecule has 1 heterocycles. The Morgan fingerprint density at radius 3 is 2.31 bits per heavy atom. The van der Waals surface area contributed by atoms with E-state index in [1.807, 2.05) is 18.2 Å². The smallest absolute Gasteiger partial charge is 0.243 e. The number of piperazine rings is 1. The molecule has 0 saturated carbocycles. The van der Waals surface area contributed by atoms with Gasteiger partial charge >= 0.3 is 0 Å². The summed E-state index contributed by atoms with van der Waals surface area (Å²) >= 11 is 0. The molecule has 1 aliphatic heterocycles. The predicted octanol–water partition coefficient (Wildman–Crippen LogP) is 2.29. The number of anilines is 2. The van der Waals surface area contributed by atoms with Crippen LogP contribution in [0.4, 0.5) is 15.8 Å². The van der Waals surface area contributed by atoms with Gasteiger partial charge < -0.3 is 10.2 Å². The Labute approximate surface area is 152 Å². The molecule has 0 aromatic heterocycles. The lowest BCUT2D eigenvalue weighted by molar-refractivity contribution is -0.114. The maximum Gasteiger partial charge on any atom is 0.243 e. The van der Waals surface area contributed by atoms with Crippen molar-refractivity contribution < 1.29 is 17.6 Å². The van der Waals surface area contributed by atoms with Gasteiger partial charge in [0.2, 0.25) is 15.9 Å². The number of nitrogens with one attached hydrogen (secondary N) is 1. The van der Waals surface area contributed by atoms with Gasteiger partial charge in [-0.3, -0.25) is 4.79 Å². The second-order valence-electron chi connectivity index (χ2n) is 6.08. The summed E-state index contributed by atoms with van der Waals surface area (Å²) in [5.74, 6) is -0.606. The highest BCUT2D eigenvalue weighted by atomic mass is 32.2. The van der Waals surface area contributed by atoms with Crippen LogP contribution in [0.1, 0.15) is 6.92 Å². The molecule has 1 saturated heterocycles. The van der Waals surface area contributed by atoms with Crippen LogP contribution >= 0.6 is 0 Å². The van der Waals surface area contributed by atoms with Crippen molar-refractivity contribution in [1.29, 1.82) is 0 Å². The zero-order chi connectivity index (χ0) is 18.7. The predicted molar refractivity (Wildman–Crippen MR) is 98.1 cm³/mol. The standard InChI is InChI=1S/C18H20FN3O3S/c1-14(23)20-16-3-2-4-17(13-16)21-9-11-22(12-10-21)26(24,25)18-7-5-15(19)6-8-18/h2-8,13H,9-12H2,1H3,(H,20,23). The number of carbonyl (C=O) groups is 1. The lowest BCUT2D eigenvalue weighted by atomic mass is 10.2. The summed E-state index contributed by atoms with van der Waals surface area (Å²) in [5, 5.41) is 2.74. The molecule has 2 aromatic carbocycles. The minimum Gasteiger partial charge on any atom is -0.369 e. The van der Waals surface area contributed by atoms with E-state index in [0.717, 1.165) is 17.8 Å². The summed E-state index contributed by atoms with van der Waals surface area (Å²) in [5.41, 5.74) is 1.63. The summed E-state index contributed by atoms with van der Waals surface area (Å²) in [6, 6.07) is 12.3. The number of rotatable bonds is 4. The fraction of sp³-hybridized carbons (Fsp3) is 0.278. The average molecular weight is 377 g/mol. The van der Waals surface area contributed by atoms with Gasteiger partial charge in [0.15, 0.2) is 0 Å². The maximum absolute atomic E-state index is 13.0. The number of benzene rings is 2. The van der Waals surface area contributed by atoms with Crippen molar-refractivity contribution in [3.05, 3.63) is 54.3 Å². The largest absolute Gasteiger partial charge is 0.369 e. The highest BCUT2D eigenvalue weighted by Crippen LogP contribution is 2.23. The minimum absolute atomic E-state index is 0.0972. The fourth-order valence-corrected chi connectivity index (χ4v) is 4.35. The fourth-order valence-electron chi connectivity index (χ4n) is 2.93. The molecule has 0 spiro atoms. The normalized spacial score (nSPS) is 15.7. The molecule has 0 bridgehead atoms. The topological polar surface area (TPSA) is 69.7 Å². The summed E-state index contributed by atoms with van der Waals surface area (Å²) in [4.78, 5) is 13.4. The molecular weight excluding hydrogens is 357 g/mol. The third kappa shape index (κ3) is 4.03. The van der Waals surface area contributed by atoms with Crippen LogP contribution in [-0.4, -0.2) is 44.8 Å². The third-order valence-electron chi connectivity index (χ3n) is 4.22. The van der Waals surface area contributed by atoms with Crippen molar-refractivity contribution in [2.75, 3.05) is 36.4 Å². The minimum atomic E-state index is -3.63. The molecule has 1 amide bonds. The van der Waals surface area contributed by atoms with Crippen LogP contribution in [0.5, 0.6) is 0 Å². The first-order chi connectivity index (χ1) is 12.4. The van der Waals surface area contributed by atoms with E-state index in [2.05, 4.69) is 10.2 Å². The Balaban J connectivity index is 1.69. The number of nitrogens with zero attached hydrogens (tertiary/aromatic N) is 2. The van der Waals surface area contributed by atoms with Gasteiger partial charge in [-0.15, -0.1) is 0 Å². The first-order valence-corrected chi connectivity index (χ1v) is 9.68. The van der Waals surface area contributed by atoms with Crippen LogP contribution in [0.3, 0.4) is 0 Å². The first kappa shape index (κ1) is 18.3. The van der Waals surface area contributed by atoms with Crippen molar-refractivity contribution in [2.24, 2.45) is 0 Å². The lowest BCUT2D eigenvalue weighted by Gasteiger charge is -2.35. The van der Waals surface area contributed by atoms with Crippen molar-refractivity contribution in [3.63, 3.8) is 0 Å². The van der Waals surface area contributed by atoms with Crippen LogP contribution in [0.15, 0.2) is 53.4 Å². The number of hydrogen-bond donors (Lipinski definition) is 1. The Bertz CT molecular complexity index is 892. The molecule has 8 heteroatoms. The SMILES string of the molecule is CC(=O)Nc1cccc(N2CCN(S(=O)(=O)c3ccc(F)cc3)CC2)c1. The molecule has 2 aromatic rings. The molecule has 1 N–H and O–H groups in total. The van der Waals surface area contributed by atoms with Crippen molar-refractivity contribution in [2.45, 2.75) is 11.8 Å². The van der Waals surface area contributed by atoms with Crippen LogP contribution < -0.4 is 10.2 Å². The van der Waals surface area contributed by atoms with Gasteiger partial charge in [-0.2, -0.15) is 4.31 Å². The van der Waals surface area contributed by atoms with E-state index in [9.17, 15) is 17.6 Å². The number of amides is 1.